The molecule has 0 saturated heterocycles. The first-order valence-corrected chi connectivity index (χ1v) is 23.5. The number of hydrogen-bond donors (Lipinski definition) is 10. The minimum absolute atomic E-state index is 0.00769. The lowest BCUT2D eigenvalue weighted by Crippen LogP contribution is -2.42. The minimum Gasteiger partial charge on any atom is -0.481 e. The molecule has 0 rings (SSSR count). The van der Waals surface area contributed by atoms with Crippen molar-refractivity contribution in [2.75, 3.05) is 19.6 Å². The molecule has 0 saturated carbocycles. The number of carbonyl (C=O) groups excluding carboxylic acids is 5. The second kappa shape index (κ2) is 38.4. The molecule has 0 aromatic carbocycles. The van der Waals surface area contributed by atoms with E-state index in [0.717, 1.165) is 51.4 Å². The molecule has 59 heavy (non-hydrogen) atoms. The third kappa shape index (κ3) is 34.8. The van der Waals surface area contributed by atoms with Gasteiger partial charge in [0, 0.05) is 61.5 Å². The van der Waals surface area contributed by atoms with Crippen molar-refractivity contribution in [3.8, 4) is 0 Å². The normalized spacial score (nSPS) is 13.2. The van der Waals surface area contributed by atoms with Gasteiger partial charge in [-0.1, -0.05) is 89.9 Å². The molecule has 342 valence electrons. The van der Waals surface area contributed by atoms with Crippen molar-refractivity contribution in [3.05, 3.63) is 0 Å². The van der Waals surface area contributed by atoms with Crippen LogP contribution in [0.1, 0.15) is 173 Å². The first kappa shape index (κ1) is 56.5. The van der Waals surface area contributed by atoms with Crippen molar-refractivity contribution < 1.29 is 43.8 Å². The Balaban J connectivity index is 3.87. The van der Waals surface area contributed by atoms with Crippen molar-refractivity contribution in [3.63, 3.8) is 0 Å². The molecule has 4 atom stereocenters. The van der Waals surface area contributed by atoms with Gasteiger partial charge >= 0.3 is 11.9 Å². The largest absolute Gasteiger partial charge is 0.481 e. The lowest BCUT2D eigenvalue weighted by Gasteiger charge is -2.15. The van der Waals surface area contributed by atoms with Crippen LogP contribution >= 0.6 is 35.4 Å². The summed E-state index contributed by atoms with van der Waals surface area (Å²) in [5.41, 5.74) is 12.0. The summed E-state index contributed by atoms with van der Waals surface area (Å²) in [5.74, 6) is -3.02. The number of carbonyl (C=O) groups is 7. The second-order valence-electron chi connectivity index (χ2n) is 15.5. The first-order valence-electron chi connectivity index (χ1n) is 21.9. The zero-order valence-electron chi connectivity index (χ0n) is 35.3. The highest BCUT2D eigenvalue weighted by Gasteiger charge is 2.21. The molecule has 0 aromatic rings. The summed E-state index contributed by atoms with van der Waals surface area (Å²) in [5, 5.41) is 29.1. The molecule has 0 heterocycles. The Hall–Kier alpha value is -2.55. The first-order chi connectivity index (χ1) is 28.3. The summed E-state index contributed by atoms with van der Waals surface area (Å²) in [6.45, 7) is 1.25. The number of halogens is 1. The van der Waals surface area contributed by atoms with E-state index in [4.69, 9.17) is 16.6 Å². The third-order valence-electron chi connectivity index (χ3n) is 10.2. The van der Waals surface area contributed by atoms with Crippen molar-refractivity contribution in [1.82, 2.24) is 26.0 Å². The maximum absolute atomic E-state index is 12.4. The Morgan fingerprint density at radius 1 is 0.475 bits per heavy atom. The lowest BCUT2D eigenvalue weighted by molar-refractivity contribution is -0.142. The van der Waals surface area contributed by atoms with Gasteiger partial charge in [0.15, 0.2) is 0 Å². The molecular formula is C41H76IN7O9S. The van der Waals surface area contributed by atoms with Crippen LogP contribution in [0.5, 0.6) is 0 Å². The number of carboxylic acids is 2. The third-order valence-corrected chi connectivity index (χ3v) is 11.2. The van der Waals surface area contributed by atoms with Gasteiger partial charge < -0.3 is 42.9 Å². The highest BCUT2D eigenvalue weighted by molar-refractivity contribution is 14.1. The molecule has 0 aliphatic carbocycles. The van der Waals surface area contributed by atoms with Gasteiger partial charge in [0.25, 0.3) is 0 Å². The van der Waals surface area contributed by atoms with E-state index in [-0.39, 0.29) is 59.1 Å². The van der Waals surface area contributed by atoms with Crippen molar-refractivity contribution >= 4 is 74.8 Å². The number of nitrogens with one attached hydrogen (secondary N) is 5. The molecular weight excluding hydrogens is 893 g/mol. The SMILES string of the molecule is N[C@@H](CCCCNC(=O)CC[C@H](NC(=O)CCCCCCCCCCCCCCCCC(=O)O)C(=O)O)C(=O)NCCCC[C@H](N)C(=O)NCCCC[C@H](NS)C(=O)I. The lowest BCUT2D eigenvalue weighted by atomic mass is 10.0. The topological polar surface area (TPSA) is 272 Å². The molecule has 0 fully saturated rings. The van der Waals surface area contributed by atoms with Gasteiger partial charge in [-0.2, -0.15) is 0 Å². The van der Waals surface area contributed by atoms with E-state index in [1.807, 2.05) is 0 Å². The van der Waals surface area contributed by atoms with Gasteiger partial charge in [0.2, 0.25) is 27.4 Å². The number of rotatable bonds is 41. The number of nitrogens with two attached hydrogens (primary N) is 2. The monoisotopic (exact) mass is 969 g/mol. The Bertz CT molecular complexity index is 1200. The van der Waals surface area contributed by atoms with Crippen LogP contribution in [0.25, 0.3) is 0 Å². The van der Waals surface area contributed by atoms with Gasteiger partial charge in [-0.25, -0.2) is 4.79 Å². The Morgan fingerprint density at radius 3 is 1.29 bits per heavy atom. The second-order valence-corrected chi connectivity index (χ2v) is 16.8. The maximum atomic E-state index is 12.4. The van der Waals surface area contributed by atoms with Gasteiger partial charge in [-0.05, 0) is 77.0 Å². The smallest absolute Gasteiger partial charge is 0.326 e. The van der Waals surface area contributed by atoms with Gasteiger partial charge in [0.05, 0.1) is 18.1 Å². The zero-order valence-corrected chi connectivity index (χ0v) is 38.3. The molecule has 4 amide bonds. The Morgan fingerprint density at radius 2 is 0.881 bits per heavy atom. The van der Waals surface area contributed by atoms with E-state index in [1.165, 1.54) is 44.9 Å². The molecule has 0 spiro atoms. The summed E-state index contributed by atoms with van der Waals surface area (Å²) in [6, 6.07) is -2.78. The van der Waals surface area contributed by atoms with E-state index in [0.29, 0.717) is 71.0 Å². The Labute approximate surface area is 371 Å². The van der Waals surface area contributed by atoms with Gasteiger partial charge in [-0.3, -0.25) is 33.5 Å². The van der Waals surface area contributed by atoms with Crippen molar-refractivity contribution in [2.45, 2.75) is 198 Å². The number of carboxylic acid groups (broad SMARTS) is 2. The molecule has 0 aliphatic rings. The fourth-order valence-electron chi connectivity index (χ4n) is 6.43. The standard InChI is InChI=1S/C41H76IN7O9S/c42-38(54)33(49-59)23-17-20-30-47-40(56)32(44)22-16-19-29-46-39(55)31(43)21-15-18-28-45-35(50)27-26-34(41(57)58)48-36(51)24-13-11-9-7-5-3-1-2-4-6-8-10-12-14-25-37(52)53/h31-34,49,59H,1-30,43-44H2,(H,45,50)(H,46,55)(H,47,56)(H,48,51)(H,52,53)(H,57,58)/t31-,32-,33-,34-/m0/s1. The number of hydrogen-bond acceptors (Lipinski definition) is 11. The van der Waals surface area contributed by atoms with Crippen molar-refractivity contribution in [2.24, 2.45) is 11.5 Å². The van der Waals surface area contributed by atoms with E-state index >= 15 is 0 Å². The predicted octanol–water partition coefficient (Wildman–Crippen LogP) is 4.94. The molecule has 18 heteroatoms. The van der Waals surface area contributed by atoms with Crippen LogP contribution in [0.15, 0.2) is 0 Å². The Kier molecular flexibility index (Phi) is 36.7. The van der Waals surface area contributed by atoms with Crippen LogP contribution in [-0.2, 0) is 33.6 Å². The number of amides is 4. The number of thiol groups is 1. The fraction of sp³-hybridized carbons (Fsp3) is 0.829. The zero-order chi connectivity index (χ0) is 44.1. The number of aliphatic carboxylic acids is 2. The molecule has 0 aromatic heterocycles. The predicted molar refractivity (Wildman–Crippen MR) is 242 cm³/mol. The summed E-state index contributed by atoms with van der Waals surface area (Å²) >= 11 is 5.68. The average molecular weight is 970 g/mol. The van der Waals surface area contributed by atoms with Crippen LogP contribution < -0.4 is 37.5 Å². The van der Waals surface area contributed by atoms with E-state index in [2.05, 4.69) is 38.8 Å². The average Bonchev–Trinajstić information content (AvgIpc) is 3.19. The molecule has 0 unspecified atom stereocenters. The van der Waals surface area contributed by atoms with Crippen LogP contribution in [0.3, 0.4) is 0 Å². The molecule has 0 aliphatic heterocycles. The van der Waals surface area contributed by atoms with E-state index < -0.39 is 30.1 Å². The van der Waals surface area contributed by atoms with Crippen LogP contribution in [0, 0.1) is 0 Å². The van der Waals surface area contributed by atoms with Gasteiger partial charge in [-0.15, -0.1) is 0 Å². The highest BCUT2D eigenvalue weighted by Crippen LogP contribution is 2.14. The fourth-order valence-corrected chi connectivity index (χ4v) is 7.39. The molecule has 11 N–H and O–H groups in total. The van der Waals surface area contributed by atoms with Crippen LogP contribution in [-0.4, -0.2) is 93.4 Å². The van der Waals surface area contributed by atoms with E-state index in [1.54, 1.807) is 22.6 Å². The summed E-state index contributed by atoms with van der Waals surface area (Å²) in [7, 11) is 0. The van der Waals surface area contributed by atoms with Gasteiger partial charge in [0.1, 0.15) is 6.04 Å². The van der Waals surface area contributed by atoms with E-state index in [9.17, 15) is 38.7 Å². The van der Waals surface area contributed by atoms with Crippen molar-refractivity contribution in [1.29, 1.82) is 0 Å². The maximum Gasteiger partial charge on any atom is 0.326 e. The molecule has 0 bridgehead atoms. The molecule has 0 radical (unpaired) electrons. The summed E-state index contributed by atoms with van der Waals surface area (Å²) < 4.78 is 2.66. The van der Waals surface area contributed by atoms with Crippen LogP contribution in [0.4, 0.5) is 0 Å². The summed E-state index contributed by atoms with van der Waals surface area (Å²) in [6.07, 6.45) is 21.1. The minimum atomic E-state index is -1.17. The number of unbranched alkanes of at least 4 members (excludes halogenated alkanes) is 16. The summed E-state index contributed by atoms with van der Waals surface area (Å²) in [4.78, 5) is 82.8. The molecule has 16 nitrogen and oxygen atoms in total. The quantitative estimate of drug-likeness (QED) is 0.0169. The highest BCUT2D eigenvalue weighted by atomic mass is 127. The van der Waals surface area contributed by atoms with Crippen LogP contribution in [0.2, 0.25) is 0 Å².